The maximum atomic E-state index is 13.0. The summed E-state index contributed by atoms with van der Waals surface area (Å²) < 4.78 is 49.3. The van der Waals surface area contributed by atoms with Gasteiger partial charge in [0.05, 0.1) is 12.1 Å². The molecule has 188 valence electrons. The first-order valence-corrected chi connectivity index (χ1v) is 11.5. The van der Waals surface area contributed by atoms with Crippen molar-refractivity contribution in [3.05, 3.63) is 64.8 Å². The summed E-state index contributed by atoms with van der Waals surface area (Å²) >= 11 is 6.75. The van der Waals surface area contributed by atoms with Gasteiger partial charge in [-0.3, -0.25) is 9.80 Å². The predicted octanol–water partition coefficient (Wildman–Crippen LogP) is 4.15. The number of nitrogens with zero attached hydrogens (tertiary/aromatic N) is 2. The molecule has 0 bridgehead atoms. The van der Waals surface area contributed by atoms with Crippen molar-refractivity contribution >= 4 is 23.2 Å². The summed E-state index contributed by atoms with van der Waals surface area (Å²) in [7, 11) is 0. The second kappa shape index (κ2) is 9.60. The third-order valence-electron chi connectivity index (χ3n) is 5.99. The van der Waals surface area contributed by atoms with Crippen LogP contribution in [0.2, 0.25) is 0 Å². The van der Waals surface area contributed by atoms with E-state index < -0.39 is 23.6 Å². The minimum absolute atomic E-state index is 0.00680. The summed E-state index contributed by atoms with van der Waals surface area (Å²) in [4.78, 5) is 11.6. The van der Waals surface area contributed by atoms with Crippen LogP contribution in [0.5, 0.6) is 11.5 Å². The van der Waals surface area contributed by atoms with Crippen molar-refractivity contribution < 1.29 is 27.4 Å². The highest BCUT2D eigenvalue weighted by molar-refractivity contribution is 6.31. The predicted molar refractivity (Wildman–Crippen MR) is 126 cm³/mol. The molecular weight excluding hydrogens is 485 g/mol. The van der Waals surface area contributed by atoms with Gasteiger partial charge in [0.2, 0.25) is 5.91 Å². The second-order valence-electron chi connectivity index (χ2n) is 8.77. The number of piperidine rings is 1. The van der Waals surface area contributed by atoms with Gasteiger partial charge in [-0.05, 0) is 49.6 Å². The number of nitrogens with two attached hydrogens (primary N) is 2. The first-order chi connectivity index (χ1) is 16.4. The molecule has 1 unspecified atom stereocenters. The summed E-state index contributed by atoms with van der Waals surface area (Å²) in [6.07, 6.45) is -1.70. The lowest BCUT2D eigenvalue weighted by atomic mass is 9.89. The molecule has 1 amide bonds. The normalized spacial score (nSPS) is 21.3. The third kappa shape index (κ3) is 5.66. The number of carbonyl (C=O) groups excluding carboxylic acids is 1. The highest BCUT2D eigenvalue weighted by Gasteiger charge is 2.41. The Kier molecular flexibility index (Phi) is 6.90. The summed E-state index contributed by atoms with van der Waals surface area (Å²) in [6, 6.07) is 11.0. The van der Waals surface area contributed by atoms with Gasteiger partial charge in [-0.15, -0.1) is 13.2 Å². The number of halogens is 4. The average Bonchev–Trinajstić information content (AvgIpc) is 2.75. The Bertz CT molecular complexity index is 1140. The van der Waals surface area contributed by atoms with Crippen LogP contribution < -0.4 is 25.9 Å². The number of hydrogen-bond donors (Lipinski definition) is 2. The Morgan fingerprint density at radius 3 is 2.46 bits per heavy atom. The summed E-state index contributed by atoms with van der Waals surface area (Å²) in [5.41, 5.74) is 12.1. The van der Waals surface area contributed by atoms with Crippen molar-refractivity contribution in [2.24, 2.45) is 11.5 Å². The minimum Gasteiger partial charge on any atom is -0.475 e. The largest absolute Gasteiger partial charge is 0.573 e. The van der Waals surface area contributed by atoms with Crippen LogP contribution in [0.3, 0.4) is 0 Å². The summed E-state index contributed by atoms with van der Waals surface area (Å²) in [6.45, 7) is 3.04. The van der Waals surface area contributed by atoms with Crippen LogP contribution in [0.15, 0.2) is 53.7 Å². The molecule has 7 nitrogen and oxygen atoms in total. The van der Waals surface area contributed by atoms with E-state index in [-0.39, 0.29) is 18.2 Å². The number of ether oxygens (including phenoxy) is 2. The molecule has 2 aliphatic rings. The molecule has 35 heavy (non-hydrogen) atoms. The second-order valence-corrected chi connectivity index (χ2v) is 9.16. The number of alkyl halides is 3. The molecule has 4 rings (SSSR count). The monoisotopic (exact) mass is 510 g/mol. The summed E-state index contributed by atoms with van der Waals surface area (Å²) in [5.74, 6) is -1.10. The zero-order chi connectivity index (χ0) is 25.4. The molecule has 1 fully saturated rings. The lowest BCUT2D eigenvalue weighted by Gasteiger charge is -2.45. The van der Waals surface area contributed by atoms with Gasteiger partial charge in [0, 0.05) is 30.8 Å². The molecule has 11 heteroatoms. The number of anilines is 1. The van der Waals surface area contributed by atoms with E-state index in [4.69, 9.17) is 27.8 Å². The standard InChI is InChI=1S/C24H26ClF3N4O3/c1-23(34-19-4-2-3-5-20(19)35-24(26,27)28)14-21(25)32(31-10-8-16(29)9-11-31)18-7-6-15(12-17(18)23)13-22(30)33/h2-7,12,14,16H,8-11,13,29H2,1H3,(H2,30,33). The molecule has 0 spiro atoms. The van der Waals surface area contributed by atoms with Gasteiger partial charge in [-0.2, -0.15) is 0 Å². The van der Waals surface area contributed by atoms with Crippen LogP contribution in [0.1, 0.15) is 30.9 Å². The third-order valence-corrected chi connectivity index (χ3v) is 6.26. The smallest absolute Gasteiger partial charge is 0.475 e. The molecule has 2 aromatic rings. The molecule has 1 atom stereocenters. The highest BCUT2D eigenvalue weighted by atomic mass is 35.5. The fourth-order valence-corrected chi connectivity index (χ4v) is 4.79. The topological polar surface area (TPSA) is 94.1 Å². The van der Waals surface area contributed by atoms with Crippen LogP contribution >= 0.6 is 11.6 Å². The van der Waals surface area contributed by atoms with Crippen molar-refractivity contribution in [3.63, 3.8) is 0 Å². The first-order valence-electron chi connectivity index (χ1n) is 11.1. The van der Waals surface area contributed by atoms with Crippen molar-refractivity contribution in [3.8, 4) is 11.5 Å². The quantitative estimate of drug-likeness (QED) is 0.567. The van der Waals surface area contributed by atoms with E-state index in [0.29, 0.717) is 35.1 Å². The maximum Gasteiger partial charge on any atom is 0.573 e. The summed E-state index contributed by atoms with van der Waals surface area (Å²) in [5, 5.41) is 4.24. The number of primary amides is 1. The Balaban J connectivity index is 1.78. The molecule has 0 radical (unpaired) electrons. The van der Waals surface area contributed by atoms with Gasteiger partial charge < -0.3 is 20.9 Å². The Morgan fingerprint density at radius 2 is 1.83 bits per heavy atom. The van der Waals surface area contributed by atoms with Crippen LogP contribution in [0, 0.1) is 0 Å². The Labute approximate surface area is 206 Å². The number of hydrazine groups is 1. The van der Waals surface area contributed by atoms with E-state index >= 15 is 0 Å². The molecule has 1 saturated heterocycles. The number of hydrogen-bond acceptors (Lipinski definition) is 6. The van der Waals surface area contributed by atoms with Crippen molar-refractivity contribution in [1.29, 1.82) is 0 Å². The fraction of sp³-hybridized carbons (Fsp3) is 0.375. The van der Waals surface area contributed by atoms with Crippen molar-refractivity contribution in [1.82, 2.24) is 5.01 Å². The molecular formula is C24H26ClF3N4O3. The Hall–Kier alpha value is -2.95. The number of benzene rings is 2. The average molecular weight is 511 g/mol. The van der Waals surface area contributed by atoms with E-state index in [0.717, 1.165) is 12.8 Å². The van der Waals surface area contributed by atoms with Crippen LogP contribution in [-0.2, 0) is 16.8 Å². The van der Waals surface area contributed by atoms with Gasteiger partial charge in [0.25, 0.3) is 0 Å². The van der Waals surface area contributed by atoms with E-state index in [1.807, 2.05) is 5.01 Å². The SMILES string of the molecule is CC1(Oc2ccccc2OC(F)(F)F)C=C(Cl)N(N2CCC(N)CC2)c2ccc(CC(N)=O)cc21. The zero-order valence-electron chi connectivity index (χ0n) is 19.0. The number of fused-ring (bicyclic) bond motifs is 1. The van der Waals surface area contributed by atoms with Gasteiger partial charge in [0.1, 0.15) is 5.16 Å². The van der Waals surface area contributed by atoms with Crippen LogP contribution in [0.25, 0.3) is 0 Å². The van der Waals surface area contributed by atoms with E-state index in [2.05, 4.69) is 9.75 Å². The number of rotatable bonds is 6. The van der Waals surface area contributed by atoms with Gasteiger partial charge >= 0.3 is 6.36 Å². The minimum atomic E-state index is -4.89. The maximum absolute atomic E-state index is 13.0. The fourth-order valence-electron chi connectivity index (χ4n) is 4.39. The highest BCUT2D eigenvalue weighted by Crippen LogP contribution is 2.46. The number of amides is 1. The van der Waals surface area contributed by atoms with Crippen LogP contribution in [-0.4, -0.2) is 36.4 Å². The number of para-hydroxylation sites is 2. The lowest BCUT2D eigenvalue weighted by Crippen LogP contribution is -2.51. The zero-order valence-corrected chi connectivity index (χ0v) is 19.8. The van der Waals surface area contributed by atoms with Crippen molar-refractivity contribution in [2.75, 3.05) is 18.1 Å². The molecule has 0 aromatic heterocycles. The van der Waals surface area contributed by atoms with Crippen molar-refractivity contribution in [2.45, 2.75) is 44.2 Å². The van der Waals surface area contributed by atoms with Crippen LogP contribution in [0.4, 0.5) is 18.9 Å². The lowest BCUT2D eigenvalue weighted by molar-refractivity contribution is -0.275. The molecule has 4 N–H and O–H groups in total. The van der Waals surface area contributed by atoms with Gasteiger partial charge in [0.15, 0.2) is 17.1 Å². The van der Waals surface area contributed by atoms with Gasteiger partial charge in [-0.25, -0.2) is 5.01 Å². The molecule has 0 saturated carbocycles. The van der Waals surface area contributed by atoms with E-state index in [1.165, 1.54) is 18.2 Å². The Morgan fingerprint density at radius 1 is 1.17 bits per heavy atom. The first kappa shape index (κ1) is 25.2. The molecule has 2 aromatic carbocycles. The number of carbonyl (C=O) groups is 1. The van der Waals surface area contributed by atoms with E-state index in [9.17, 15) is 18.0 Å². The molecule has 2 aliphatic heterocycles. The molecule has 0 aliphatic carbocycles. The molecule has 2 heterocycles. The van der Waals surface area contributed by atoms with Gasteiger partial charge in [-0.1, -0.05) is 29.8 Å². The van der Waals surface area contributed by atoms with E-state index in [1.54, 1.807) is 37.3 Å².